The van der Waals surface area contributed by atoms with Gasteiger partial charge in [-0.3, -0.25) is 4.79 Å². The molecule has 86 valence electrons. The van der Waals surface area contributed by atoms with E-state index in [9.17, 15) is 4.79 Å². The summed E-state index contributed by atoms with van der Waals surface area (Å²) in [5.41, 5.74) is 8.47. The molecule has 1 atom stereocenters. The van der Waals surface area contributed by atoms with E-state index in [1.54, 1.807) is 0 Å². The molecule has 3 N–H and O–H groups in total. The first kappa shape index (κ1) is 11.4. The number of fused-ring (bicyclic) bond motifs is 1. The lowest BCUT2D eigenvalue weighted by Gasteiger charge is -2.25. The highest BCUT2D eigenvalue weighted by Gasteiger charge is 2.25. The number of halogens is 1. The van der Waals surface area contributed by atoms with Crippen LogP contribution in [0, 0.1) is 12.8 Å². The topological polar surface area (TPSA) is 55.1 Å². The Bertz CT molecular complexity index is 431. The smallest absolute Gasteiger partial charge is 0.227 e. The van der Waals surface area contributed by atoms with Crippen LogP contribution in [-0.4, -0.2) is 12.5 Å². The van der Waals surface area contributed by atoms with Gasteiger partial charge in [-0.2, -0.15) is 0 Å². The molecule has 0 fully saturated rings. The molecule has 1 aliphatic rings. The van der Waals surface area contributed by atoms with E-state index in [1.807, 2.05) is 19.1 Å². The Balaban J connectivity index is 2.32. The fourth-order valence-corrected chi connectivity index (χ4v) is 2.22. The molecule has 0 radical (unpaired) electrons. The van der Waals surface area contributed by atoms with Crippen LogP contribution in [0.2, 0.25) is 5.02 Å². The minimum absolute atomic E-state index is 0.0173. The standard InChI is InChI=1S/C12H15ClN2O/c1-7-4-11-9(6-10(7)13)5-8(2-3-14)12(16)15-11/h4,6,8H,2-3,5,14H2,1H3,(H,15,16). The van der Waals surface area contributed by atoms with E-state index in [-0.39, 0.29) is 11.8 Å². The molecule has 0 spiro atoms. The predicted octanol–water partition coefficient (Wildman–Crippen LogP) is 2.11. The number of aryl methyl sites for hydroxylation is 1. The molecular weight excluding hydrogens is 224 g/mol. The molecule has 2 rings (SSSR count). The summed E-state index contributed by atoms with van der Waals surface area (Å²) in [5.74, 6) is 0.0518. The van der Waals surface area contributed by atoms with E-state index in [1.165, 1.54) is 0 Å². The summed E-state index contributed by atoms with van der Waals surface area (Å²) in [6.07, 6.45) is 1.45. The first-order valence-corrected chi connectivity index (χ1v) is 5.79. The quantitative estimate of drug-likeness (QED) is 0.829. The monoisotopic (exact) mass is 238 g/mol. The lowest BCUT2D eigenvalue weighted by molar-refractivity contribution is -0.120. The van der Waals surface area contributed by atoms with Gasteiger partial charge in [0.15, 0.2) is 0 Å². The largest absolute Gasteiger partial charge is 0.330 e. The second kappa shape index (κ2) is 4.44. The van der Waals surface area contributed by atoms with E-state index in [0.29, 0.717) is 6.54 Å². The Morgan fingerprint density at radius 3 is 3.00 bits per heavy atom. The first-order valence-electron chi connectivity index (χ1n) is 5.41. The van der Waals surface area contributed by atoms with Crippen molar-refractivity contribution >= 4 is 23.2 Å². The normalized spacial score (nSPS) is 19.2. The van der Waals surface area contributed by atoms with Gasteiger partial charge in [0.25, 0.3) is 0 Å². The van der Waals surface area contributed by atoms with Gasteiger partial charge in [0, 0.05) is 16.6 Å². The highest BCUT2D eigenvalue weighted by molar-refractivity contribution is 6.31. The Labute approximate surface area is 100.0 Å². The van der Waals surface area contributed by atoms with Crippen molar-refractivity contribution in [3.05, 3.63) is 28.3 Å². The van der Waals surface area contributed by atoms with Crippen molar-refractivity contribution in [2.75, 3.05) is 11.9 Å². The number of hydrogen-bond acceptors (Lipinski definition) is 2. The Morgan fingerprint density at radius 1 is 1.56 bits per heavy atom. The zero-order valence-corrected chi connectivity index (χ0v) is 9.97. The molecule has 0 aliphatic carbocycles. The van der Waals surface area contributed by atoms with Gasteiger partial charge in [0.1, 0.15) is 0 Å². The summed E-state index contributed by atoms with van der Waals surface area (Å²) in [4.78, 5) is 11.7. The van der Waals surface area contributed by atoms with Gasteiger partial charge in [0.05, 0.1) is 0 Å². The molecule has 1 amide bonds. The maximum atomic E-state index is 11.7. The minimum Gasteiger partial charge on any atom is -0.330 e. The number of amides is 1. The first-order chi connectivity index (χ1) is 7.61. The highest BCUT2D eigenvalue weighted by atomic mass is 35.5. The molecule has 0 saturated heterocycles. The van der Waals surface area contributed by atoms with Gasteiger partial charge in [-0.05, 0) is 49.6 Å². The van der Waals surface area contributed by atoms with E-state index < -0.39 is 0 Å². The van der Waals surface area contributed by atoms with Crippen LogP contribution in [0.1, 0.15) is 17.5 Å². The third-order valence-electron chi connectivity index (χ3n) is 2.99. The fourth-order valence-electron chi connectivity index (χ4n) is 2.04. The fraction of sp³-hybridized carbons (Fsp3) is 0.417. The van der Waals surface area contributed by atoms with E-state index in [2.05, 4.69) is 5.32 Å². The van der Waals surface area contributed by atoms with Crippen LogP contribution < -0.4 is 11.1 Å². The van der Waals surface area contributed by atoms with Crippen LogP contribution in [0.5, 0.6) is 0 Å². The number of rotatable bonds is 2. The number of benzene rings is 1. The van der Waals surface area contributed by atoms with Crippen molar-refractivity contribution in [2.24, 2.45) is 11.7 Å². The molecule has 3 nitrogen and oxygen atoms in total. The van der Waals surface area contributed by atoms with Gasteiger partial charge < -0.3 is 11.1 Å². The Hall–Kier alpha value is -1.06. The second-order valence-corrected chi connectivity index (χ2v) is 4.63. The summed E-state index contributed by atoms with van der Waals surface area (Å²) in [7, 11) is 0. The molecule has 0 aromatic heterocycles. The zero-order chi connectivity index (χ0) is 11.7. The predicted molar refractivity (Wildman–Crippen MR) is 65.7 cm³/mol. The van der Waals surface area contributed by atoms with Crippen LogP contribution in [0.3, 0.4) is 0 Å². The summed E-state index contributed by atoms with van der Waals surface area (Å²) in [6.45, 7) is 2.47. The number of hydrogen-bond donors (Lipinski definition) is 2. The van der Waals surface area contributed by atoms with E-state index in [4.69, 9.17) is 17.3 Å². The molecule has 4 heteroatoms. The lowest BCUT2D eigenvalue weighted by atomic mass is 9.90. The molecule has 0 saturated carbocycles. The van der Waals surface area contributed by atoms with Crippen LogP contribution in [0.4, 0.5) is 5.69 Å². The number of anilines is 1. The maximum Gasteiger partial charge on any atom is 0.227 e. The SMILES string of the molecule is Cc1cc2c(cc1Cl)CC(CCN)C(=O)N2. The average Bonchev–Trinajstić information content (AvgIpc) is 2.23. The lowest BCUT2D eigenvalue weighted by Crippen LogP contribution is -2.31. The van der Waals surface area contributed by atoms with Gasteiger partial charge in [-0.1, -0.05) is 11.6 Å². The van der Waals surface area contributed by atoms with Crippen molar-refractivity contribution < 1.29 is 4.79 Å². The van der Waals surface area contributed by atoms with Gasteiger partial charge in [-0.25, -0.2) is 0 Å². The van der Waals surface area contributed by atoms with Gasteiger partial charge >= 0.3 is 0 Å². The van der Waals surface area contributed by atoms with Crippen molar-refractivity contribution in [2.45, 2.75) is 19.8 Å². The molecule has 16 heavy (non-hydrogen) atoms. The molecule has 1 heterocycles. The van der Waals surface area contributed by atoms with Crippen LogP contribution in [0.25, 0.3) is 0 Å². The minimum atomic E-state index is -0.0173. The summed E-state index contributed by atoms with van der Waals surface area (Å²) in [5, 5.41) is 3.66. The number of nitrogens with two attached hydrogens (primary N) is 1. The molecule has 1 aromatic carbocycles. The third kappa shape index (κ3) is 2.06. The second-order valence-electron chi connectivity index (χ2n) is 4.23. The van der Waals surface area contributed by atoms with Gasteiger partial charge in [-0.15, -0.1) is 0 Å². The van der Waals surface area contributed by atoms with Crippen molar-refractivity contribution in [3.63, 3.8) is 0 Å². The molecule has 1 aliphatic heterocycles. The van der Waals surface area contributed by atoms with Crippen LogP contribution in [0.15, 0.2) is 12.1 Å². The molecule has 1 unspecified atom stereocenters. The number of carbonyl (C=O) groups excluding carboxylic acids is 1. The number of carbonyl (C=O) groups is 1. The van der Waals surface area contributed by atoms with Crippen molar-refractivity contribution in [3.8, 4) is 0 Å². The number of nitrogens with one attached hydrogen (secondary N) is 1. The third-order valence-corrected chi connectivity index (χ3v) is 3.40. The molecule has 1 aromatic rings. The zero-order valence-electron chi connectivity index (χ0n) is 9.22. The summed E-state index contributed by atoms with van der Waals surface area (Å²) >= 11 is 6.07. The van der Waals surface area contributed by atoms with Crippen LogP contribution in [-0.2, 0) is 11.2 Å². The highest BCUT2D eigenvalue weighted by Crippen LogP contribution is 2.31. The summed E-state index contributed by atoms with van der Waals surface area (Å²) in [6, 6.07) is 3.86. The van der Waals surface area contributed by atoms with Crippen molar-refractivity contribution in [1.29, 1.82) is 0 Å². The molecule has 0 bridgehead atoms. The Morgan fingerprint density at radius 2 is 2.31 bits per heavy atom. The van der Waals surface area contributed by atoms with Crippen LogP contribution >= 0.6 is 11.6 Å². The Kier molecular flexibility index (Phi) is 3.17. The summed E-state index contributed by atoms with van der Waals surface area (Å²) < 4.78 is 0. The average molecular weight is 239 g/mol. The van der Waals surface area contributed by atoms with Crippen molar-refractivity contribution in [1.82, 2.24) is 0 Å². The van der Waals surface area contributed by atoms with E-state index in [0.717, 1.165) is 34.7 Å². The maximum absolute atomic E-state index is 11.7. The van der Waals surface area contributed by atoms with Gasteiger partial charge in [0.2, 0.25) is 5.91 Å². The van der Waals surface area contributed by atoms with E-state index >= 15 is 0 Å². The molecular formula is C12H15ClN2O.